The topological polar surface area (TPSA) is 140 Å². The van der Waals surface area contributed by atoms with Crippen LogP contribution in [-0.2, 0) is 28.2 Å². The molecule has 0 amide bonds. The van der Waals surface area contributed by atoms with Gasteiger partial charge in [-0.05, 0) is 50.9 Å². The third kappa shape index (κ3) is 45.0. The second-order valence-corrected chi connectivity index (χ2v) is 17.4. The van der Waals surface area contributed by atoms with Crippen LogP contribution in [0, 0.1) is 5.92 Å². The summed E-state index contributed by atoms with van der Waals surface area (Å²) in [6.07, 6.45) is 52.3. The fourth-order valence-electron chi connectivity index (χ4n) is 6.46. The van der Waals surface area contributed by atoms with Crippen LogP contribution in [0.4, 0.5) is 0 Å². The van der Waals surface area contributed by atoms with Gasteiger partial charge in [-0.25, -0.2) is 4.57 Å². The van der Waals surface area contributed by atoms with E-state index in [4.69, 9.17) is 19.3 Å². The lowest BCUT2D eigenvalue weighted by Gasteiger charge is -2.18. The molecule has 3 atom stereocenters. The Balaban J connectivity index is 4.03. The number of hydrogen-bond acceptors (Lipinski definition) is 7. The van der Waals surface area contributed by atoms with Crippen molar-refractivity contribution >= 4 is 19.8 Å². The SMILES string of the molecule is CC/C=C\C/C=C\C/C=C\C/C=C\C=C/C(O)C/C=C\CCC(=O)OC[C@H](COP(=O)(O)O)OC(=O)CCCCCCCCCCCCCCCCCCCCC(C)CC. The van der Waals surface area contributed by atoms with Crippen LogP contribution in [0.25, 0.3) is 0 Å². The molecule has 346 valence electrons. The monoisotopic (exact) mass is 863 g/mol. The second kappa shape index (κ2) is 43.1. The van der Waals surface area contributed by atoms with Crippen LogP contribution < -0.4 is 0 Å². The van der Waals surface area contributed by atoms with Gasteiger partial charge in [-0.15, -0.1) is 0 Å². The lowest BCUT2D eigenvalue weighted by molar-refractivity contribution is -0.161. The molecule has 0 aromatic heterocycles. The molecular formula is C50H87O9P. The van der Waals surface area contributed by atoms with E-state index >= 15 is 0 Å². The summed E-state index contributed by atoms with van der Waals surface area (Å²) in [6.45, 7) is 5.82. The third-order valence-electron chi connectivity index (χ3n) is 10.4. The second-order valence-electron chi connectivity index (χ2n) is 16.2. The van der Waals surface area contributed by atoms with Crippen LogP contribution in [0.1, 0.15) is 201 Å². The summed E-state index contributed by atoms with van der Waals surface area (Å²) < 4.78 is 26.4. The van der Waals surface area contributed by atoms with Gasteiger partial charge in [0.2, 0.25) is 0 Å². The van der Waals surface area contributed by atoms with Gasteiger partial charge in [-0.3, -0.25) is 14.1 Å². The van der Waals surface area contributed by atoms with Crippen LogP contribution in [0.3, 0.4) is 0 Å². The molecule has 0 aromatic carbocycles. The molecule has 0 aliphatic rings. The number of carbonyl (C=O) groups excluding carboxylic acids is 2. The standard InChI is InChI=1S/C50H87O9P/c1-4-6-7-8-9-10-11-18-22-25-28-31-35-40-47(51)41-36-33-38-42-49(52)57-44-48(45-58-60(54,55)56)59-50(53)43-37-32-29-26-23-20-17-15-13-12-14-16-19-21-24-27-30-34-39-46(3)5-2/h6-7,9-10,18,22,28,31,33,35-36,40,46-48,51H,4-5,8,11-17,19-21,23-27,29-30,32,34,37-39,41-45H2,1-3H3,(H2,54,55,56)/b7-6-,10-9-,22-18-,31-28-,36-33-,40-35-/t46?,47?,48-/m1/s1. The maximum Gasteiger partial charge on any atom is 0.469 e. The molecule has 0 rings (SSSR count). The first-order valence-corrected chi connectivity index (χ1v) is 25.3. The Morgan fingerprint density at radius 2 is 1.08 bits per heavy atom. The Bertz CT molecular complexity index is 1230. The maximum atomic E-state index is 12.5. The van der Waals surface area contributed by atoms with E-state index in [0.29, 0.717) is 19.3 Å². The van der Waals surface area contributed by atoms with Crippen LogP contribution in [-0.4, -0.2) is 52.3 Å². The molecule has 0 aliphatic heterocycles. The Labute approximate surface area is 366 Å². The molecule has 3 N–H and O–H groups in total. The molecule has 0 saturated heterocycles. The minimum absolute atomic E-state index is 0.0590. The molecule has 0 heterocycles. The largest absolute Gasteiger partial charge is 0.469 e. The number of unbranched alkanes of at least 4 members (excludes halogenated alkanes) is 17. The normalized spacial score (nSPS) is 14.2. The molecule has 0 aromatic rings. The lowest BCUT2D eigenvalue weighted by atomic mass is 9.99. The van der Waals surface area contributed by atoms with Gasteiger partial charge < -0.3 is 24.4 Å². The zero-order valence-corrected chi connectivity index (χ0v) is 39.0. The molecule has 10 heteroatoms. The molecule has 0 spiro atoms. The Morgan fingerprint density at radius 3 is 1.60 bits per heavy atom. The number of allylic oxidation sites excluding steroid dienone is 10. The van der Waals surface area contributed by atoms with Gasteiger partial charge in [0.05, 0.1) is 12.7 Å². The van der Waals surface area contributed by atoms with Gasteiger partial charge in [0.25, 0.3) is 0 Å². The minimum atomic E-state index is -4.80. The summed E-state index contributed by atoms with van der Waals surface area (Å²) >= 11 is 0. The van der Waals surface area contributed by atoms with Crippen molar-refractivity contribution < 1.29 is 43.0 Å². The Morgan fingerprint density at radius 1 is 0.583 bits per heavy atom. The highest BCUT2D eigenvalue weighted by molar-refractivity contribution is 7.46. The number of carbonyl (C=O) groups is 2. The van der Waals surface area contributed by atoms with Gasteiger partial charge in [-0.2, -0.15) is 0 Å². The van der Waals surface area contributed by atoms with E-state index in [1.165, 1.54) is 103 Å². The highest BCUT2D eigenvalue weighted by atomic mass is 31.2. The van der Waals surface area contributed by atoms with Gasteiger partial charge in [0, 0.05) is 12.8 Å². The average molecular weight is 863 g/mol. The maximum absolute atomic E-state index is 12.5. The summed E-state index contributed by atoms with van der Waals surface area (Å²) in [5, 5.41) is 10.2. The molecule has 0 radical (unpaired) electrons. The fourth-order valence-corrected chi connectivity index (χ4v) is 6.82. The van der Waals surface area contributed by atoms with E-state index < -0.39 is 38.6 Å². The zero-order chi connectivity index (χ0) is 44.2. The van der Waals surface area contributed by atoms with E-state index in [2.05, 4.69) is 61.8 Å². The molecule has 0 aliphatic carbocycles. The molecule has 0 bridgehead atoms. The summed E-state index contributed by atoms with van der Waals surface area (Å²) in [4.78, 5) is 43.0. The van der Waals surface area contributed by atoms with Crippen LogP contribution in [0.15, 0.2) is 72.9 Å². The van der Waals surface area contributed by atoms with Gasteiger partial charge in [-0.1, -0.05) is 216 Å². The van der Waals surface area contributed by atoms with Gasteiger partial charge >= 0.3 is 19.8 Å². The summed E-state index contributed by atoms with van der Waals surface area (Å²) in [5.41, 5.74) is 0. The van der Waals surface area contributed by atoms with Gasteiger partial charge in [0.1, 0.15) is 6.61 Å². The van der Waals surface area contributed by atoms with E-state index in [0.717, 1.165) is 50.9 Å². The number of rotatable bonds is 42. The predicted molar refractivity (Wildman–Crippen MR) is 249 cm³/mol. The lowest BCUT2D eigenvalue weighted by Crippen LogP contribution is -2.29. The van der Waals surface area contributed by atoms with Crippen molar-refractivity contribution in [1.29, 1.82) is 0 Å². The number of esters is 2. The first-order valence-electron chi connectivity index (χ1n) is 23.7. The average Bonchev–Trinajstić information content (AvgIpc) is 3.22. The van der Waals surface area contributed by atoms with Crippen LogP contribution >= 0.6 is 7.82 Å². The Kier molecular flexibility index (Phi) is 41.3. The van der Waals surface area contributed by atoms with Crippen molar-refractivity contribution in [3.63, 3.8) is 0 Å². The first kappa shape index (κ1) is 57.4. The molecule has 2 unspecified atom stereocenters. The predicted octanol–water partition coefficient (Wildman–Crippen LogP) is 13.8. The van der Waals surface area contributed by atoms with Crippen molar-refractivity contribution in [2.75, 3.05) is 13.2 Å². The number of ether oxygens (including phenoxy) is 2. The highest BCUT2D eigenvalue weighted by Gasteiger charge is 2.22. The van der Waals surface area contributed by atoms with Crippen molar-refractivity contribution in [1.82, 2.24) is 0 Å². The minimum Gasteiger partial charge on any atom is -0.462 e. The number of aliphatic hydroxyl groups excluding tert-OH is 1. The van der Waals surface area contributed by atoms with Crippen molar-refractivity contribution in [3.8, 4) is 0 Å². The molecule has 0 saturated carbocycles. The van der Waals surface area contributed by atoms with E-state index in [9.17, 15) is 19.3 Å². The summed E-state index contributed by atoms with van der Waals surface area (Å²) in [6, 6.07) is 0. The summed E-state index contributed by atoms with van der Waals surface area (Å²) in [7, 11) is -4.80. The van der Waals surface area contributed by atoms with Crippen LogP contribution in [0.2, 0.25) is 0 Å². The third-order valence-corrected chi connectivity index (χ3v) is 10.9. The number of phosphoric acid groups is 1. The van der Waals surface area contributed by atoms with Crippen molar-refractivity contribution in [2.24, 2.45) is 5.92 Å². The van der Waals surface area contributed by atoms with E-state index in [1.807, 2.05) is 18.2 Å². The van der Waals surface area contributed by atoms with Crippen LogP contribution in [0.5, 0.6) is 0 Å². The Hall–Kier alpha value is -2.55. The fraction of sp³-hybridized carbons (Fsp3) is 0.720. The molecule has 9 nitrogen and oxygen atoms in total. The summed E-state index contributed by atoms with van der Waals surface area (Å²) in [5.74, 6) is -0.172. The molecular weight excluding hydrogens is 776 g/mol. The van der Waals surface area contributed by atoms with E-state index in [-0.39, 0.29) is 19.4 Å². The van der Waals surface area contributed by atoms with Crippen molar-refractivity contribution in [3.05, 3.63) is 72.9 Å². The number of hydrogen-bond donors (Lipinski definition) is 3. The number of phosphoric ester groups is 1. The molecule has 0 fully saturated rings. The quantitative estimate of drug-likeness (QED) is 0.0180. The molecule has 60 heavy (non-hydrogen) atoms. The van der Waals surface area contributed by atoms with E-state index in [1.54, 1.807) is 18.2 Å². The van der Waals surface area contributed by atoms with Crippen molar-refractivity contribution in [2.45, 2.75) is 213 Å². The number of aliphatic hydroxyl groups is 1. The first-order chi connectivity index (χ1) is 29.1. The van der Waals surface area contributed by atoms with Gasteiger partial charge in [0.15, 0.2) is 6.10 Å². The zero-order valence-electron chi connectivity index (χ0n) is 38.1. The highest BCUT2D eigenvalue weighted by Crippen LogP contribution is 2.36. The smallest absolute Gasteiger partial charge is 0.462 e.